The van der Waals surface area contributed by atoms with Gasteiger partial charge in [-0.3, -0.25) is 0 Å². The van der Waals surface area contributed by atoms with Crippen molar-refractivity contribution >= 4 is 22.6 Å². The van der Waals surface area contributed by atoms with Crippen LogP contribution in [-0.2, 0) is 0 Å². The van der Waals surface area contributed by atoms with Crippen molar-refractivity contribution in [3.05, 3.63) is 60.5 Å². The van der Waals surface area contributed by atoms with E-state index < -0.39 is 0 Å². The molecule has 3 rings (SSSR count). The highest BCUT2D eigenvalue weighted by Gasteiger charge is 2.11. The lowest BCUT2D eigenvalue weighted by atomic mass is 10.2. The number of para-hydroxylation sites is 2. The van der Waals surface area contributed by atoms with Crippen molar-refractivity contribution in [2.75, 3.05) is 6.61 Å². The van der Waals surface area contributed by atoms with Crippen LogP contribution in [0.5, 0.6) is 5.75 Å². The molecular weight excluding hydrogens is 260 g/mol. The van der Waals surface area contributed by atoms with Gasteiger partial charge >= 0.3 is 0 Å². The van der Waals surface area contributed by atoms with Crippen LogP contribution in [0.25, 0.3) is 22.6 Å². The monoisotopic (exact) mass is 278 g/mol. The Morgan fingerprint density at radius 2 is 2.05 bits per heavy atom. The van der Waals surface area contributed by atoms with Crippen molar-refractivity contribution in [2.24, 2.45) is 0 Å². The number of benzene rings is 1. The second-order valence-corrected chi connectivity index (χ2v) is 4.70. The molecule has 3 aromatic rings. The molecule has 0 aliphatic heterocycles. The van der Waals surface area contributed by atoms with E-state index in [-0.39, 0.29) is 0 Å². The van der Waals surface area contributed by atoms with Gasteiger partial charge in [0.1, 0.15) is 11.3 Å². The number of hydrogen-bond acceptors (Lipinski definition) is 2. The molecule has 3 nitrogen and oxygen atoms in total. The third-order valence-corrected chi connectivity index (χ3v) is 3.33. The van der Waals surface area contributed by atoms with E-state index in [0.29, 0.717) is 6.61 Å². The molecule has 0 N–H and O–H groups in total. The highest BCUT2D eigenvalue weighted by atomic mass is 16.5. The molecule has 0 atom stereocenters. The van der Waals surface area contributed by atoms with Crippen LogP contribution in [0.3, 0.4) is 0 Å². The molecule has 0 unspecified atom stereocenters. The number of nitrogens with zero attached hydrogens (tertiary/aromatic N) is 2. The topological polar surface area (TPSA) is 26.5 Å². The molecule has 0 fully saturated rings. The highest BCUT2D eigenvalue weighted by molar-refractivity contribution is 5.85. The fourth-order valence-corrected chi connectivity index (χ4v) is 2.46. The van der Waals surface area contributed by atoms with E-state index in [1.165, 1.54) is 0 Å². The molecule has 1 aromatic carbocycles. The van der Waals surface area contributed by atoms with E-state index >= 15 is 0 Å². The van der Waals surface area contributed by atoms with Gasteiger partial charge in [0.15, 0.2) is 0 Å². The second-order valence-electron chi connectivity index (χ2n) is 4.70. The Kier molecular flexibility index (Phi) is 3.73. The second kappa shape index (κ2) is 5.83. The highest BCUT2D eigenvalue weighted by Crippen LogP contribution is 2.28. The van der Waals surface area contributed by atoms with Gasteiger partial charge in [0, 0.05) is 6.20 Å². The summed E-state index contributed by atoms with van der Waals surface area (Å²) in [5.41, 5.74) is 3.99. The summed E-state index contributed by atoms with van der Waals surface area (Å²) in [6.45, 7) is 4.63. The fourth-order valence-electron chi connectivity index (χ4n) is 2.46. The Morgan fingerprint density at radius 3 is 2.86 bits per heavy atom. The first-order valence-corrected chi connectivity index (χ1v) is 7.17. The van der Waals surface area contributed by atoms with Crippen molar-refractivity contribution in [3.63, 3.8) is 0 Å². The number of rotatable bonds is 4. The minimum atomic E-state index is 0.643. The van der Waals surface area contributed by atoms with Gasteiger partial charge in [0.25, 0.3) is 0 Å². The predicted molar refractivity (Wildman–Crippen MR) is 87.7 cm³/mol. The van der Waals surface area contributed by atoms with Gasteiger partial charge in [-0.05, 0) is 38.1 Å². The molecule has 106 valence electrons. The molecule has 2 aromatic heterocycles. The lowest BCUT2D eigenvalue weighted by Crippen LogP contribution is -1.97. The summed E-state index contributed by atoms with van der Waals surface area (Å²) in [7, 11) is 0. The van der Waals surface area contributed by atoms with E-state index in [1.807, 2.05) is 68.6 Å². The smallest absolute Gasteiger partial charge is 0.146 e. The van der Waals surface area contributed by atoms with E-state index in [1.54, 1.807) is 0 Å². The van der Waals surface area contributed by atoms with Gasteiger partial charge < -0.3 is 9.14 Å². The number of aromatic nitrogens is 2. The molecule has 0 saturated heterocycles. The minimum Gasteiger partial charge on any atom is -0.492 e. The van der Waals surface area contributed by atoms with Gasteiger partial charge in [-0.1, -0.05) is 30.4 Å². The van der Waals surface area contributed by atoms with Crippen LogP contribution < -0.4 is 4.74 Å². The summed E-state index contributed by atoms with van der Waals surface area (Å²) in [6.07, 6.45) is 10.1. The largest absolute Gasteiger partial charge is 0.492 e. The zero-order valence-electron chi connectivity index (χ0n) is 12.3. The average molecular weight is 278 g/mol. The Bertz CT molecular complexity index is 828. The molecule has 3 heteroatoms. The quantitative estimate of drug-likeness (QED) is 0.658. The van der Waals surface area contributed by atoms with E-state index in [4.69, 9.17) is 9.72 Å². The van der Waals surface area contributed by atoms with E-state index in [9.17, 15) is 0 Å². The first kappa shape index (κ1) is 13.4. The summed E-state index contributed by atoms with van der Waals surface area (Å²) in [6, 6.07) is 10.1. The third kappa shape index (κ3) is 2.42. The standard InChI is InChI=1S/C18H18N2O/c1-3-5-6-10-15-18-17(21-4-2)12-13-20(18)16-11-8-7-9-14(16)19-15/h3,5-13H,4H2,1-2H3/b5-3+,10-6+. The summed E-state index contributed by atoms with van der Waals surface area (Å²) in [4.78, 5) is 4.77. The number of hydrogen-bond donors (Lipinski definition) is 0. The lowest BCUT2D eigenvalue weighted by Gasteiger charge is -2.08. The van der Waals surface area contributed by atoms with Crippen LogP contribution in [0.4, 0.5) is 0 Å². The Hall–Kier alpha value is -2.55. The van der Waals surface area contributed by atoms with Crippen LogP contribution in [0.2, 0.25) is 0 Å². The summed E-state index contributed by atoms with van der Waals surface area (Å²) >= 11 is 0. The fraction of sp³-hybridized carbons (Fsp3) is 0.167. The minimum absolute atomic E-state index is 0.643. The summed E-state index contributed by atoms with van der Waals surface area (Å²) in [5, 5.41) is 0. The number of allylic oxidation sites excluding steroid dienone is 3. The molecule has 0 radical (unpaired) electrons. The number of fused-ring (bicyclic) bond motifs is 3. The Morgan fingerprint density at radius 1 is 1.19 bits per heavy atom. The van der Waals surface area contributed by atoms with Gasteiger partial charge in [-0.2, -0.15) is 0 Å². The summed E-state index contributed by atoms with van der Waals surface area (Å²) < 4.78 is 7.88. The lowest BCUT2D eigenvalue weighted by molar-refractivity contribution is 0.344. The van der Waals surface area contributed by atoms with Gasteiger partial charge in [-0.25, -0.2) is 4.98 Å². The molecule has 0 bridgehead atoms. The summed E-state index contributed by atoms with van der Waals surface area (Å²) in [5.74, 6) is 0.871. The molecule has 0 aliphatic carbocycles. The third-order valence-electron chi connectivity index (χ3n) is 3.33. The van der Waals surface area contributed by atoms with Gasteiger partial charge in [0.2, 0.25) is 0 Å². The van der Waals surface area contributed by atoms with E-state index in [0.717, 1.165) is 28.0 Å². The SMILES string of the molecule is C/C=C/C=C/c1nc2ccccc2n2ccc(OCC)c12. The molecule has 21 heavy (non-hydrogen) atoms. The first-order valence-electron chi connectivity index (χ1n) is 7.17. The maximum Gasteiger partial charge on any atom is 0.146 e. The first-order chi connectivity index (χ1) is 10.3. The maximum absolute atomic E-state index is 5.74. The van der Waals surface area contributed by atoms with Crippen molar-refractivity contribution in [1.82, 2.24) is 9.38 Å². The average Bonchev–Trinajstić information content (AvgIpc) is 2.92. The molecular formula is C18H18N2O. The van der Waals surface area contributed by atoms with Crippen LogP contribution in [0.1, 0.15) is 19.5 Å². The van der Waals surface area contributed by atoms with Crippen LogP contribution >= 0.6 is 0 Å². The van der Waals surface area contributed by atoms with Gasteiger partial charge in [0.05, 0.1) is 23.3 Å². The zero-order chi connectivity index (χ0) is 14.7. The van der Waals surface area contributed by atoms with Gasteiger partial charge in [-0.15, -0.1) is 0 Å². The Balaban J connectivity index is 2.32. The molecule has 2 heterocycles. The van der Waals surface area contributed by atoms with Crippen LogP contribution in [-0.4, -0.2) is 16.0 Å². The Labute approximate surface area is 124 Å². The number of ether oxygens (including phenoxy) is 1. The van der Waals surface area contributed by atoms with Crippen molar-refractivity contribution < 1.29 is 4.74 Å². The molecule has 0 amide bonds. The van der Waals surface area contributed by atoms with Crippen molar-refractivity contribution in [3.8, 4) is 5.75 Å². The molecule has 0 saturated carbocycles. The van der Waals surface area contributed by atoms with Crippen molar-refractivity contribution in [2.45, 2.75) is 13.8 Å². The normalized spacial score (nSPS) is 12.1. The van der Waals surface area contributed by atoms with Crippen LogP contribution in [0.15, 0.2) is 54.8 Å². The molecule has 0 aliphatic rings. The zero-order valence-corrected chi connectivity index (χ0v) is 12.3. The predicted octanol–water partition coefficient (Wildman–Crippen LogP) is 4.48. The van der Waals surface area contributed by atoms with E-state index in [2.05, 4.69) is 10.5 Å². The maximum atomic E-state index is 5.74. The van der Waals surface area contributed by atoms with Crippen molar-refractivity contribution in [1.29, 1.82) is 0 Å². The molecule has 0 spiro atoms. The van der Waals surface area contributed by atoms with Crippen LogP contribution in [0, 0.1) is 0 Å².